The lowest BCUT2D eigenvalue weighted by Crippen LogP contribution is -1.88. The zero-order valence-electron chi connectivity index (χ0n) is 5.44. The van der Waals surface area contributed by atoms with Crippen LogP contribution in [0.15, 0.2) is 21.1 Å². The van der Waals surface area contributed by atoms with Gasteiger partial charge in [-0.3, -0.25) is 0 Å². The summed E-state index contributed by atoms with van der Waals surface area (Å²) in [6, 6.07) is 2.84. The van der Waals surface area contributed by atoms with Crippen LogP contribution in [0.4, 0.5) is 4.39 Å². The van der Waals surface area contributed by atoms with E-state index in [1.165, 1.54) is 12.1 Å². The average molecular weight is 284 g/mol. The smallest absolute Gasteiger partial charge is 0.138 e. The summed E-state index contributed by atoms with van der Waals surface area (Å²) in [7, 11) is 0. The highest BCUT2D eigenvalue weighted by atomic mass is 79.9. The Kier molecular flexibility index (Phi) is 3.04. The molecule has 0 amide bonds. The van der Waals surface area contributed by atoms with E-state index >= 15 is 0 Å². The van der Waals surface area contributed by atoms with E-state index in [1.807, 2.05) is 0 Å². The quantitative estimate of drug-likeness (QED) is 0.786. The summed E-state index contributed by atoms with van der Waals surface area (Å²) in [5, 5.41) is 8.76. The van der Waals surface area contributed by atoms with Crippen molar-refractivity contribution >= 4 is 31.9 Å². The molecule has 1 aromatic rings. The lowest BCUT2D eigenvalue weighted by Gasteiger charge is -2.02. The maximum atomic E-state index is 12.7. The number of aliphatic hydroxyl groups is 1. The van der Waals surface area contributed by atoms with Gasteiger partial charge in [-0.2, -0.15) is 0 Å². The highest BCUT2D eigenvalue weighted by Crippen LogP contribution is 2.29. The van der Waals surface area contributed by atoms with Gasteiger partial charge >= 0.3 is 0 Å². The monoisotopic (exact) mass is 282 g/mol. The number of aliphatic hydroxyl groups excluding tert-OH is 1. The Balaban J connectivity index is 3.25. The van der Waals surface area contributed by atoms with Crippen molar-refractivity contribution in [2.75, 3.05) is 0 Å². The van der Waals surface area contributed by atoms with Crippen LogP contribution in [0.2, 0.25) is 0 Å². The van der Waals surface area contributed by atoms with Crippen molar-refractivity contribution in [2.45, 2.75) is 6.61 Å². The normalized spacial score (nSPS) is 10.2. The van der Waals surface area contributed by atoms with Crippen LogP contribution in [-0.4, -0.2) is 5.11 Å². The third-order valence-corrected chi connectivity index (χ3v) is 3.50. The average Bonchev–Trinajstić information content (AvgIpc) is 2.01. The van der Waals surface area contributed by atoms with Gasteiger partial charge in [-0.1, -0.05) is 6.07 Å². The third-order valence-electron chi connectivity index (χ3n) is 1.29. The molecule has 0 radical (unpaired) electrons. The summed E-state index contributed by atoms with van der Waals surface area (Å²) < 4.78 is 13.7. The molecule has 0 aliphatic heterocycles. The molecule has 0 saturated carbocycles. The van der Waals surface area contributed by atoms with Crippen LogP contribution in [0.3, 0.4) is 0 Å². The molecule has 1 rings (SSSR count). The van der Waals surface area contributed by atoms with Crippen LogP contribution in [0.1, 0.15) is 5.56 Å². The lowest BCUT2D eigenvalue weighted by molar-refractivity contribution is 0.281. The Labute approximate surface area is 80.5 Å². The van der Waals surface area contributed by atoms with Gasteiger partial charge in [-0.15, -0.1) is 0 Å². The van der Waals surface area contributed by atoms with Gasteiger partial charge in [0.1, 0.15) is 5.82 Å². The molecule has 1 aromatic carbocycles. The summed E-state index contributed by atoms with van der Waals surface area (Å²) in [5.74, 6) is -0.339. The number of hydrogen-bond acceptors (Lipinski definition) is 1. The van der Waals surface area contributed by atoms with Crippen LogP contribution in [0.25, 0.3) is 0 Å². The van der Waals surface area contributed by atoms with Crippen molar-refractivity contribution in [3.05, 3.63) is 32.5 Å². The van der Waals surface area contributed by atoms with Crippen LogP contribution in [0, 0.1) is 5.82 Å². The zero-order valence-corrected chi connectivity index (χ0v) is 8.61. The van der Waals surface area contributed by atoms with Crippen molar-refractivity contribution in [1.29, 1.82) is 0 Å². The fourth-order valence-electron chi connectivity index (χ4n) is 0.688. The minimum absolute atomic E-state index is 0.0978. The Morgan fingerprint density at radius 2 is 1.91 bits per heavy atom. The first-order valence-electron chi connectivity index (χ1n) is 2.90. The first-order valence-corrected chi connectivity index (χ1v) is 4.48. The lowest BCUT2D eigenvalue weighted by atomic mass is 10.2. The zero-order chi connectivity index (χ0) is 8.43. The molecule has 4 heteroatoms. The molecule has 0 fully saturated rings. The van der Waals surface area contributed by atoms with Crippen LogP contribution in [0.5, 0.6) is 0 Å². The van der Waals surface area contributed by atoms with Gasteiger partial charge in [0.25, 0.3) is 0 Å². The Hall–Kier alpha value is 0.0700. The number of halogens is 3. The van der Waals surface area contributed by atoms with E-state index in [9.17, 15) is 4.39 Å². The summed E-state index contributed by atoms with van der Waals surface area (Å²) in [6.45, 7) is -0.0978. The van der Waals surface area contributed by atoms with Gasteiger partial charge in [0.05, 0.1) is 11.1 Å². The highest BCUT2D eigenvalue weighted by molar-refractivity contribution is 9.13. The number of rotatable bonds is 1. The van der Waals surface area contributed by atoms with Crippen molar-refractivity contribution < 1.29 is 9.50 Å². The fraction of sp³-hybridized carbons (Fsp3) is 0.143. The van der Waals surface area contributed by atoms with Gasteiger partial charge in [0.2, 0.25) is 0 Å². The molecule has 0 aliphatic rings. The number of hydrogen-bond donors (Lipinski definition) is 1. The SMILES string of the molecule is OCc1ccc(F)c(Br)c1Br. The van der Waals surface area contributed by atoms with E-state index in [0.717, 1.165) is 0 Å². The highest BCUT2D eigenvalue weighted by Gasteiger charge is 2.06. The maximum Gasteiger partial charge on any atom is 0.138 e. The Morgan fingerprint density at radius 1 is 1.27 bits per heavy atom. The molecule has 1 nitrogen and oxygen atoms in total. The molecule has 0 bridgehead atoms. The molecule has 0 saturated heterocycles. The summed E-state index contributed by atoms with van der Waals surface area (Å²) in [4.78, 5) is 0. The number of benzene rings is 1. The molecular formula is C7H5Br2FO. The summed E-state index contributed by atoms with van der Waals surface area (Å²) in [6.07, 6.45) is 0. The molecule has 0 unspecified atom stereocenters. The van der Waals surface area contributed by atoms with Crippen molar-refractivity contribution in [2.24, 2.45) is 0 Å². The van der Waals surface area contributed by atoms with E-state index in [-0.39, 0.29) is 12.4 Å². The van der Waals surface area contributed by atoms with Gasteiger partial charge in [-0.05, 0) is 43.5 Å². The van der Waals surface area contributed by atoms with Crippen molar-refractivity contribution in [3.63, 3.8) is 0 Å². The third kappa shape index (κ3) is 1.80. The van der Waals surface area contributed by atoms with Crippen LogP contribution < -0.4 is 0 Å². The first kappa shape index (κ1) is 9.16. The van der Waals surface area contributed by atoms with Crippen molar-refractivity contribution in [3.8, 4) is 0 Å². The molecule has 0 atom stereocenters. The second-order valence-electron chi connectivity index (χ2n) is 1.99. The Morgan fingerprint density at radius 3 is 2.45 bits per heavy atom. The predicted molar refractivity (Wildman–Crippen MR) is 47.7 cm³/mol. The van der Waals surface area contributed by atoms with Gasteiger partial charge in [0, 0.05) is 4.47 Å². The molecule has 60 valence electrons. The largest absolute Gasteiger partial charge is 0.392 e. The van der Waals surface area contributed by atoms with Crippen LogP contribution in [-0.2, 0) is 6.61 Å². The van der Waals surface area contributed by atoms with E-state index in [4.69, 9.17) is 5.11 Å². The standard InChI is InChI=1S/C7H5Br2FO/c8-6-4(3-11)1-2-5(10)7(6)9/h1-2,11H,3H2. The Bertz CT molecular complexity index is 275. The molecular weight excluding hydrogens is 279 g/mol. The van der Waals surface area contributed by atoms with Gasteiger partial charge < -0.3 is 5.11 Å². The minimum Gasteiger partial charge on any atom is -0.392 e. The van der Waals surface area contributed by atoms with Crippen molar-refractivity contribution in [1.82, 2.24) is 0 Å². The van der Waals surface area contributed by atoms with Gasteiger partial charge in [0.15, 0.2) is 0 Å². The summed E-state index contributed by atoms with van der Waals surface area (Å²) >= 11 is 6.18. The first-order chi connectivity index (χ1) is 5.16. The van der Waals surface area contributed by atoms with E-state index in [0.29, 0.717) is 14.5 Å². The molecule has 11 heavy (non-hydrogen) atoms. The predicted octanol–water partition coefficient (Wildman–Crippen LogP) is 2.84. The topological polar surface area (TPSA) is 20.2 Å². The molecule has 0 heterocycles. The maximum absolute atomic E-state index is 12.7. The molecule has 0 spiro atoms. The van der Waals surface area contributed by atoms with E-state index in [2.05, 4.69) is 31.9 Å². The second-order valence-corrected chi connectivity index (χ2v) is 3.58. The van der Waals surface area contributed by atoms with Crippen LogP contribution >= 0.6 is 31.9 Å². The van der Waals surface area contributed by atoms with E-state index in [1.54, 1.807) is 0 Å². The van der Waals surface area contributed by atoms with E-state index < -0.39 is 0 Å². The molecule has 0 aliphatic carbocycles. The van der Waals surface area contributed by atoms with Gasteiger partial charge in [-0.25, -0.2) is 4.39 Å². The summed E-state index contributed by atoms with van der Waals surface area (Å²) in [5.41, 5.74) is 0.665. The minimum atomic E-state index is -0.339. The second kappa shape index (κ2) is 3.65. The fourth-order valence-corrected chi connectivity index (χ4v) is 1.52. The molecule has 0 aromatic heterocycles. The molecule has 1 N–H and O–H groups in total.